The van der Waals surface area contributed by atoms with Gasteiger partial charge in [0.05, 0.1) is 0 Å². The van der Waals surface area contributed by atoms with E-state index in [1.807, 2.05) is 115 Å². The van der Waals surface area contributed by atoms with Crippen LogP contribution < -0.4 is 32.7 Å². The Hall–Kier alpha value is -6.11. The van der Waals surface area contributed by atoms with Gasteiger partial charge in [0.25, 0.3) is 0 Å². The van der Waals surface area contributed by atoms with Crippen molar-refractivity contribution in [2.75, 3.05) is 26.7 Å². The van der Waals surface area contributed by atoms with E-state index in [0.29, 0.717) is 51.7 Å². The maximum atomic E-state index is 14.9. The lowest BCUT2D eigenvalue weighted by atomic mass is 9.95. The molecule has 314 valence electrons. The first kappa shape index (κ1) is 43.5. The molecule has 5 aromatic carbocycles. The Labute approximate surface area is 351 Å². The molecule has 1 aliphatic rings. The van der Waals surface area contributed by atoms with E-state index in [9.17, 15) is 24.0 Å². The van der Waals surface area contributed by atoms with Crippen molar-refractivity contribution < 1.29 is 24.0 Å². The van der Waals surface area contributed by atoms with Gasteiger partial charge in [0, 0.05) is 32.2 Å². The first-order valence-electron chi connectivity index (χ1n) is 21.0. The van der Waals surface area contributed by atoms with Gasteiger partial charge in [0.2, 0.25) is 29.5 Å². The van der Waals surface area contributed by atoms with Crippen molar-refractivity contribution in [1.29, 1.82) is 0 Å². The minimum Gasteiger partial charge on any atom is -0.368 e. The summed E-state index contributed by atoms with van der Waals surface area (Å²) >= 11 is 0. The molecule has 5 aromatic rings. The summed E-state index contributed by atoms with van der Waals surface area (Å²) < 4.78 is 0. The summed E-state index contributed by atoms with van der Waals surface area (Å²) in [6.07, 6.45) is 3.27. The topological polar surface area (TPSA) is 189 Å². The van der Waals surface area contributed by atoms with Gasteiger partial charge in [-0.2, -0.15) is 0 Å². The summed E-state index contributed by atoms with van der Waals surface area (Å²) in [6, 6.07) is 32.8. The van der Waals surface area contributed by atoms with E-state index in [2.05, 4.69) is 21.3 Å². The summed E-state index contributed by atoms with van der Waals surface area (Å²) in [7, 11) is 1.57. The Morgan fingerprint density at radius 3 is 1.78 bits per heavy atom. The number of amides is 5. The number of carbonyl (C=O) groups is 5. The van der Waals surface area contributed by atoms with Crippen LogP contribution in [0.5, 0.6) is 0 Å². The molecule has 1 fully saturated rings. The highest BCUT2D eigenvalue weighted by atomic mass is 16.2. The van der Waals surface area contributed by atoms with Gasteiger partial charge in [-0.3, -0.25) is 24.0 Å². The Bertz CT molecular complexity index is 2260. The number of hydrogen-bond donors (Lipinski definition) is 6. The zero-order valence-electron chi connectivity index (χ0n) is 34.3. The van der Waals surface area contributed by atoms with E-state index < -0.39 is 47.8 Å². The minimum absolute atomic E-state index is 0.115. The quantitative estimate of drug-likeness (QED) is 0.0682. The molecule has 0 aromatic heterocycles. The number of primary amides is 1. The maximum absolute atomic E-state index is 14.9. The number of likely N-dealkylation sites (N-methyl/N-ethyl adjacent to an activating group) is 1. The van der Waals surface area contributed by atoms with Crippen molar-refractivity contribution in [3.05, 3.63) is 132 Å². The zero-order chi connectivity index (χ0) is 42.4. The predicted molar refractivity (Wildman–Crippen MR) is 235 cm³/mol. The molecule has 1 saturated heterocycles. The van der Waals surface area contributed by atoms with Gasteiger partial charge in [0.15, 0.2) is 0 Å². The molecule has 12 heteroatoms. The van der Waals surface area contributed by atoms with Crippen molar-refractivity contribution in [1.82, 2.24) is 26.2 Å². The van der Waals surface area contributed by atoms with Gasteiger partial charge in [-0.15, -0.1) is 0 Å². The number of nitrogens with one attached hydrogen (secondary N) is 4. The molecule has 12 nitrogen and oxygen atoms in total. The van der Waals surface area contributed by atoms with Crippen LogP contribution in [0, 0.1) is 5.92 Å². The Kier molecular flexibility index (Phi) is 15.4. The van der Waals surface area contributed by atoms with Crippen molar-refractivity contribution in [2.45, 2.75) is 75.5 Å². The van der Waals surface area contributed by atoms with Gasteiger partial charge in [-0.1, -0.05) is 115 Å². The summed E-state index contributed by atoms with van der Waals surface area (Å²) in [5, 5.41) is 16.2. The molecule has 0 radical (unpaired) electrons. The van der Waals surface area contributed by atoms with Crippen LogP contribution >= 0.6 is 0 Å². The van der Waals surface area contributed by atoms with E-state index in [1.165, 1.54) is 4.90 Å². The highest BCUT2D eigenvalue weighted by molar-refractivity contribution is 5.96. The van der Waals surface area contributed by atoms with E-state index in [-0.39, 0.29) is 31.1 Å². The highest BCUT2D eigenvalue weighted by Gasteiger charge is 2.36. The van der Waals surface area contributed by atoms with Gasteiger partial charge in [-0.05, 0) is 90.0 Å². The molecule has 0 bridgehead atoms. The molecule has 2 unspecified atom stereocenters. The SMILES string of the molecule is CN(C(=O)[C@@H](Cc1ccc2ccccc2c1)NC(=O)C1CCNCC1)C(Cc1ccc2ccccc2c1)C(=O)NC(Cc1ccccc1)C(=O)N[C@@H](CCCCN)C(N)=O. The molecule has 4 atom stereocenters. The number of fused-ring (bicyclic) bond motifs is 2. The molecule has 0 saturated carbocycles. The predicted octanol–water partition coefficient (Wildman–Crippen LogP) is 3.92. The molecule has 6 rings (SSSR count). The van der Waals surface area contributed by atoms with E-state index in [1.54, 1.807) is 7.05 Å². The van der Waals surface area contributed by atoms with Gasteiger partial charge < -0.3 is 37.6 Å². The van der Waals surface area contributed by atoms with Crippen molar-refractivity contribution in [2.24, 2.45) is 17.4 Å². The van der Waals surface area contributed by atoms with E-state index in [0.717, 1.165) is 38.2 Å². The fraction of sp³-hybridized carbons (Fsp3) is 0.354. The first-order valence-corrected chi connectivity index (χ1v) is 21.0. The van der Waals surface area contributed by atoms with Crippen LogP contribution in [0.1, 0.15) is 48.8 Å². The van der Waals surface area contributed by atoms with Crippen molar-refractivity contribution >= 4 is 51.1 Å². The summed E-state index contributed by atoms with van der Waals surface area (Å²) in [4.78, 5) is 71.4. The standard InChI is InChI=1S/C48H57N7O5/c1-55(48(60)42(54-45(57)37-22-25-51-26-23-37)30-33-18-20-35-13-5-7-15-38(35)27-33)43(31-34-19-21-36-14-6-8-16-39(36)28-34)47(59)53-41(29-32-11-3-2-4-12-32)46(58)52-40(44(50)56)17-9-10-24-49/h2-8,11-16,18-21,27-28,37,40-43,51H,9-10,17,22-26,29-31,49H2,1H3,(H2,50,56)(H,52,58)(H,53,59)(H,54,57)/t40-,41?,42+,43?/m0/s1. The highest BCUT2D eigenvalue weighted by Crippen LogP contribution is 2.22. The van der Waals surface area contributed by atoms with Crippen molar-refractivity contribution in [3.8, 4) is 0 Å². The number of benzene rings is 5. The second kappa shape index (κ2) is 21.2. The van der Waals surface area contributed by atoms with E-state index in [4.69, 9.17) is 11.5 Å². The summed E-state index contributed by atoms with van der Waals surface area (Å²) in [6.45, 7) is 1.85. The summed E-state index contributed by atoms with van der Waals surface area (Å²) in [5.41, 5.74) is 13.8. The molecule has 60 heavy (non-hydrogen) atoms. The first-order chi connectivity index (χ1) is 29.1. The van der Waals surface area contributed by atoms with E-state index >= 15 is 0 Å². The Morgan fingerprint density at radius 1 is 0.633 bits per heavy atom. The third-order valence-corrected chi connectivity index (χ3v) is 11.5. The number of nitrogens with two attached hydrogens (primary N) is 2. The number of unbranched alkanes of at least 4 members (excludes halogenated alkanes) is 1. The molecule has 5 amide bonds. The molecule has 1 heterocycles. The van der Waals surface area contributed by atoms with Gasteiger partial charge >= 0.3 is 0 Å². The number of piperidine rings is 1. The van der Waals surface area contributed by atoms with Crippen LogP contribution in [0.25, 0.3) is 21.5 Å². The molecule has 1 aliphatic heterocycles. The Morgan fingerprint density at radius 2 is 1.18 bits per heavy atom. The fourth-order valence-corrected chi connectivity index (χ4v) is 7.95. The zero-order valence-corrected chi connectivity index (χ0v) is 34.3. The molecular formula is C48H57N7O5. The van der Waals surface area contributed by atoms with Crippen LogP contribution in [0.4, 0.5) is 0 Å². The lowest BCUT2D eigenvalue weighted by Gasteiger charge is -2.33. The number of hydrogen-bond acceptors (Lipinski definition) is 7. The maximum Gasteiger partial charge on any atom is 0.245 e. The average Bonchev–Trinajstić information content (AvgIpc) is 3.27. The number of rotatable bonds is 19. The van der Waals surface area contributed by atoms with Crippen LogP contribution in [0.3, 0.4) is 0 Å². The van der Waals surface area contributed by atoms with Crippen LogP contribution in [0.15, 0.2) is 115 Å². The fourth-order valence-electron chi connectivity index (χ4n) is 7.95. The monoisotopic (exact) mass is 811 g/mol. The van der Waals surface area contributed by atoms with Gasteiger partial charge in [-0.25, -0.2) is 0 Å². The molecule has 8 N–H and O–H groups in total. The van der Waals surface area contributed by atoms with Crippen molar-refractivity contribution in [3.63, 3.8) is 0 Å². The smallest absolute Gasteiger partial charge is 0.245 e. The molecule has 0 aliphatic carbocycles. The lowest BCUT2D eigenvalue weighted by molar-refractivity contribution is -0.143. The molecular weight excluding hydrogens is 755 g/mol. The number of nitrogens with zero attached hydrogens (tertiary/aromatic N) is 1. The third-order valence-electron chi connectivity index (χ3n) is 11.5. The van der Waals surface area contributed by atoms with Crippen LogP contribution in [-0.2, 0) is 43.2 Å². The average molecular weight is 812 g/mol. The second-order valence-corrected chi connectivity index (χ2v) is 15.8. The Balaban J connectivity index is 1.32. The largest absolute Gasteiger partial charge is 0.368 e. The normalized spacial score (nSPS) is 15.0. The minimum atomic E-state index is -1.12. The van der Waals surface area contributed by atoms with Crippen LogP contribution in [0.2, 0.25) is 0 Å². The summed E-state index contributed by atoms with van der Waals surface area (Å²) in [5.74, 6) is -2.72. The lowest BCUT2D eigenvalue weighted by Crippen LogP contribution is -2.59. The van der Waals surface area contributed by atoms with Gasteiger partial charge in [0.1, 0.15) is 24.2 Å². The number of carbonyl (C=O) groups excluding carboxylic acids is 5. The second-order valence-electron chi connectivity index (χ2n) is 15.8. The third kappa shape index (κ3) is 11.8. The molecule has 0 spiro atoms. The van der Waals surface area contributed by atoms with Crippen LogP contribution in [-0.4, -0.2) is 85.3 Å².